The highest BCUT2D eigenvalue weighted by Gasteiger charge is 2.15. The van der Waals surface area contributed by atoms with Gasteiger partial charge in [-0.15, -0.1) is 11.3 Å². The van der Waals surface area contributed by atoms with E-state index in [0.29, 0.717) is 24.3 Å². The van der Waals surface area contributed by atoms with Gasteiger partial charge in [-0.1, -0.05) is 0 Å². The normalized spacial score (nSPS) is 11.5. The predicted molar refractivity (Wildman–Crippen MR) is 104 cm³/mol. The van der Waals surface area contributed by atoms with Crippen LogP contribution in [0.2, 0.25) is 0 Å². The van der Waals surface area contributed by atoms with E-state index in [-0.39, 0.29) is 18.0 Å². The molecule has 0 aliphatic heterocycles. The third-order valence-corrected chi connectivity index (χ3v) is 5.59. The van der Waals surface area contributed by atoms with E-state index in [1.807, 2.05) is 42.7 Å². The lowest BCUT2D eigenvalue weighted by atomic mass is 10.1. The van der Waals surface area contributed by atoms with Gasteiger partial charge in [0.15, 0.2) is 0 Å². The summed E-state index contributed by atoms with van der Waals surface area (Å²) in [5.41, 5.74) is 4.31. The number of nitrogens with one attached hydrogen (secondary N) is 2. The monoisotopic (exact) mass is 384 g/mol. The Morgan fingerprint density at radius 2 is 2.11 bits per heavy atom. The van der Waals surface area contributed by atoms with Gasteiger partial charge in [-0.3, -0.25) is 19.1 Å². The zero-order valence-corrected chi connectivity index (χ0v) is 16.2. The molecule has 0 fully saturated rings. The molecule has 4 rings (SSSR count). The van der Waals surface area contributed by atoms with Gasteiger partial charge in [0.2, 0.25) is 5.91 Å². The van der Waals surface area contributed by atoms with Gasteiger partial charge in [-0.05, 0) is 50.3 Å². The first kappa shape index (κ1) is 17.5. The Labute approximate surface area is 158 Å². The highest BCUT2D eigenvalue weighted by molar-refractivity contribution is 7.17. The van der Waals surface area contributed by atoms with Gasteiger partial charge in [-0.25, -0.2) is 4.68 Å². The largest absolute Gasteiger partial charge is 0.354 e. The maximum absolute atomic E-state index is 12.7. The summed E-state index contributed by atoms with van der Waals surface area (Å²) in [5, 5.41) is 16.3. The first-order valence-corrected chi connectivity index (χ1v) is 9.57. The molecule has 9 heteroatoms. The van der Waals surface area contributed by atoms with Gasteiger partial charge in [0.05, 0.1) is 15.9 Å². The first-order valence-electron chi connectivity index (χ1n) is 8.69. The van der Waals surface area contributed by atoms with Crippen LogP contribution in [0.25, 0.3) is 15.7 Å². The number of hydrogen-bond donors (Lipinski definition) is 2. The van der Waals surface area contributed by atoms with Crippen LogP contribution >= 0.6 is 11.3 Å². The quantitative estimate of drug-likeness (QED) is 0.547. The zero-order valence-electron chi connectivity index (χ0n) is 15.4. The number of amides is 1. The smallest absolute Gasteiger partial charge is 0.291 e. The van der Waals surface area contributed by atoms with Gasteiger partial charge >= 0.3 is 0 Å². The molecule has 0 aliphatic carbocycles. The summed E-state index contributed by atoms with van der Waals surface area (Å²) in [6, 6.07) is 3.83. The molecule has 0 unspecified atom stereocenters. The second-order valence-electron chi connectivity index (χ2n) is 6.56. The Morgan fingerprint density at radius 3 is 2.85 bits per heavy atom. The van der Waals surface area contributed by atoms with E-state index in [1.54, 1.807) is 11.3 Å². The van der Waals surface area contributed by atoms with Crippen LogP contribution in [0.15, 0.2) is 22.3 Å². The van der Waals surface area contributed by atoms with Crippen LogP contribution in [0.4, 0.5) is 0 Å². The molecular formula is C18H20N6O2S. The van der Waals surface area contributed by atoms with Gasteiger partial charge in [0.1, 0.15) is 17.9 Å². The van der Waals surface area contributed by atoms with Gasteiger partial charge < -0.3 is 5.32 Å². The molecule has 0 spiro atoms. The number of rotatable bonds is 5. The van der Waals surface area contributed by atoms with Crippen molar-refractivity contribution < 1.29 is 4.79 Å². The van der Waals surface area contributed by atoms with Crippen molar-refractivity contribution in [3.63, 3.8) is 0 Å². The molecule has 0 radical (unpaired) electrons. The standard InChI is InChI=1S/C18H20N6O2S/c1-10-13(11(2)21-20-10)4-6-19-17(25)9-23-18(26)15-8-16-14(5-7-27-16)24(15)12(3)22-23/h5,7-8H,4,6,9H2,1-3H3,(H,19,25)(H,20,21). The number of fused-ring (bicyclic) bond motifs is 3. The Bertz CT molecular complexity index is 1190. The molecule has 8 nitrogen and oxygen atoms in total. The number of aryl methyl sites for hydroxylation is 3. The number of aromatic nitrogens is 5. The molecule has 0 bridgehead atoms. The van der Waals surface area contributed by atoms with Gasteiger partial charge in [-0.2, -0.15) is 10.2 Å². The molecule has 4 aromatic heterocycles. The zero-order chi connectivity index (χ0) is 19.1. The molecule has 0 aromatic carbocycles. The van der Waals surface area contributed by atoms with Crippen LogP contribution in [0, 0.1) is 20.8 Å². The van der Waals surface area contributed by atoms with Crippen molar-refractivity contribution in [3.8, 4) is 0 Å². The molecule has 27 heavy (non-hydrogen) atoms. The van der Waals surface area contributed by atoms with E-state index >= 15 is 0 Å². The molecule has 0 saturated carbocycles. The van der Waals surface area contributed by atoms with E-state index in [0.717, 1.165) is 27.2 Å². The molecule has 0 saturated heterocycles. The van der Waals surface area contributed by atoms with E-state index in [9.17, 15) is 9.59 Å². The SMILES string of the molecule is Cc1n[nH]c(C)c1CCNC(=O)Cn1nc(C)n2c(cc3sccc32)c1=O. The second kappa shape index (κ2) is 6.66. The minimum Gasteiger partial charge on any atom is -0.354 e. The molecule has 140 valence electrons. The third kappa shape index (κ3) is 3.03. The average Bonchev–Trinajstić information content (AvgIpc) is 3.29. The Balaban J connectivity index is 1.50. The lowest BCUT2D eigenvalue weighted by Gasteiger charge is -2.09. The topological polar surface area (TPSA) is 97.1 Å². The fraction of sp³-hybridized carbons (Fsp3) is 0.333. The molecule has 4 heterocycles. The highest BCUT2D eigenvalue weighted by Crippen LogP contribution is 2.24. The minimum atomic E-state index is -0.263. The van der Waals surface area contributed by atoms with E-state index < -0.39 is 0 Å². The van der Waals surface area contributed by atoms with Crippen molar-refractivity contribution in [1.29, 1.82) is 0 Å². The number of carbonyl (C=O) groups excluding carboxylic acids is 1. The fourth-order valence-corrected chi connectivity index (χ4v) is 4.20. The van der Waals surface area contributed by atoms with E-state index in [4.69, 9.17) is 0 Å². The average molecular weight is 384 g/mol. The van der Waals surface area contributed by atoms with Crippen LogP contribution in [0.1, 0.15) is 22.8 Å². The number of nitrogens with zero attached hydrogens (tertiary/aromatic N) is 4. The molecule has 0 atom stereocenters. The molecule has 0 aliphatic rings. The minimum absolute atomic E-state index is 0.0989. The molecule has 2 N–H and O–H groups in total. The summed E-state index contributed by atoms with van der Waals surface area (Å²) in [7, 11) is 0. The number of carbonyl (C=O) groups is 1. The second-order valence-corrected chi connectivity index (χ2v) is 7.51. The number of aromatic amines is 1. The molecule has 4 aromatic rings. The number of hydrogen-bond acceptors (Lipinski definition) is 5. The summed E-state index contributed by atoms with van der Waals surface area (Å²) < 4.78 is 4.11. The van der Waals surface area contributed by atoms with E-state index in [1.165, 1.54) is 4.68 Å². The molecular weight excluding hydrogens is 364 g/mol. The van der Waals surface area contributed by atoms with Crippen molar-refractivity contribution >= 4 is 33.0 Å². The van der Waals surface area contributed by atoms with Crippen molar-refractivity contribution in [3.05, 3.63) is 50.6 Å². The lowest BCUT2D eigenvalue weighted by Crippen LogP contribution is -2.35. The summed E-state index contributed by atoms with van der Waals surface area (Å²) >= 11 is 1.58. The number of H-pyrrole nitrogens is 1. The third-order valence-electron chi connectivity index (χ3n) is 4.74. The summed E-state index contributed by atoms with van der Waals surface area (Å²) in [6.45, 7) is 6.11. The van der Waals surface area contributed by atoms with Gasteiger partial charge in [0, 0.05) is 12.2 Å². The number of thiophene rings is 1. The Morgan fingerprint density at radius 1 is 1.30 bits per heavy atom. The Hall–Kier alpha value is -2.94. The summed E-state index contributed by atoms with van der Waals surface area (Å²) in [5.74, 6) is 0.441. The van der Waals surface area contributed by atoms with Crippen LogP contribution in [-0.2, 0) is 17.8 Å². The summed E-state index contributed by atoms with van der Waals surface area (Å²) in [4.78, 5) is 25.0. The van der Waals surface area contributed by atoms with Crippen LogP contribution in [-0.4, -0.2) is 36.8 Å². The predicted octanol–water partition coefficient (Wildman–Crippen LogP) is 1.72. The van der Waals surface area contributed by atoms with Crippen LogP contribution in [0.3, 0.4) is 0 Å². The van der Waals surface area contributed by atoms with Crippen molar-refractivity contribution in [1.82, 2.24) is 29.7 Å². The van der Waals surface area contributed by atoms with Crippen LogP contribution < -0.4 is 10.9 Å². The Kier molecular flexibility index (Phi) is 4.31. The maximum atomic E-state index is 12.7. The van der Waals surface area contributed by atoms with Crippen molar-refractivity contribution in [2.24, 2.45) is 0 Å². The van der Waals surface area contributed by atoms with Crippen molar-refractivity contribution in [2.75, 3.05) is 6.54 Å². The molecule has 1 amide bonds. The first-order chi connectivity index (χ1) is 13.0. The van der Waals surface area contributed by atoms with Crippen molar-refractivity contribution in [2.45, 2.75) is 33.7 Å². The highest BCUT2D eigenvalue weighted by atomic mass is 32.1. The van der Waals surface area contributed by atoms with Gasteiger partial charge in [0.25, 0.3) is 5.56 Å². The fourth-order valence-electron chi connectivity index (χ4n) is 3.40. The van der Waals surface area contributed by atoms with E-state index in [2.05, 4.69) is 20.6 Å². The summed E-state index contributed by atoms with van der Waals surface area (Å²) in [6.07, 6.45) is 0.690. The lowest BCUT2D eigenvalue weighted by molar-refractivity contribution is -0.121. The van der Waals surface area contributed by atoms with Crippen LogP contribution in [0.5, 0.6) is 0 Å². The maximum Gasteiger partial charge on any atom is 0.291 e.